The molecule has 5 nitrogen and oxygen atoms in total. The number of nitrogens with two attached hydrogens (primary N) is 1. The summed E-state index contributed by atoms with van der Waals surface area (Å²) in [7, 11) is -3.76. The quantitative estimate of drug-likeness (QED) is 0.881. The molecule has 134 valence electrons. The van der Waals surface area contributed by atoms with E-state index in [4.69, 9.17) is 5.14 Å². The average molecular weight is 368 g/mol. The first-order chi connectivity index (χ1) is 11.8. The van der Waals surface area contributed by atoms with E-state index in [1.807, 2.05) is 0 Å². The third-order valence-corrected chi connectivity index (χ3v) is 5.03. The number of benzene rings is 2. The van der Waals surface area contributed by atoms with E-state index >= 15 is 0 Å². The highest BCUT2D eigenvalue weighted by Crippen LogP contribution is 2.31. The molecule has 1 aliphatic rings. The third-order valence-electron chi connectivity index (χ3n) is 4.12. The van der Waals surface area contributed by atoms with Crippen LogP contribution in [0.4, 0.5) is 14.5 Å². The highest BCUT2D eigenvalue weighted by Gasteiger charge is 2.20. The number of hydrogen-bond acceptors (Lipinski definition) is 4. The van der Waals surface area contributed by atoms with Gasteiger partial charge in [0.15, 0.2) is 0 Å². The molecule has 0 spiro atoms. The predicted molar refractivity (Wildman–Crippen MR) is 90.3 cm³/mol. The number of nitrogens with zero attached hydrogens (tertiary/aromatic N) is 1. The Hall–Kier alpha value is -2.19. The highest BCUT2D eigenvalue weighted by molar-refractivity contribution is 7.89. The van der Waals surface area contributed by atoms with Gasteiger partial charge in [0.05, 0.1) is 4.90 Å². The fourth-order valence-electron chi connectivity index (χ4n) is 2.97. The summed E-state index contributed by atoms with van der Waals surface area (Å²) in [5.41, 5.74) is 2.82. The Morgan fingerprint density at radius 1 is 1.16 bits per heavy atom. The van der Waals surface area contributed by atoms with Gasteiger partial charge < -0.3 is 9.64 Å². The fourth-order valence-corrected chi connectivity index (χ4v) is 3.50. The maximum absolute atomic E-state index is 12.2. The van der Waals surface area contributed by atoms with Crippen LogP contribution in [-0.2, 0) is 23.0 Å². The van der Waals surface area contributed by atoms with Gasteiger partial charge in [-0.05, 0) is 48.2 Å². The van der Waals surface area contributed by atoms with Crippen molar-refractivity contribution < 1.29 is 21.9 Å². The Bertz CT molecular complexity index is 855. The molecule has 0 unspecified atom stereocenters. The lowest BCUT2D eigenvalue weighted by molar-refractivity contribution is -0.0498. The molecule has 25 heavy (non-hydrogen) atoms. The third kappa shape index (κ3) is 4.26. The number of alkyl halides is 2. The largest absolute Gasteiger partial charge is 0.435 e. The molecule has 0 aromatic heterocycles. The molecule has 0 saturated heterocycles. The number of halogens is 2. The van der Waals surface area contributed by atoms with Crippen LogP contribution in [0.1, 0.15) is 17.5 Å². The first-order valence-corrected chi connectivity index (χ1v) is 9.32. The zero-order chi connectivity index (χ0) is 18.0. The van der Waals surface area contributed by atoms with Crippen LogP contribution in [0.15, 0.2) is 47.4 Å². The normalized spacial score (nSPS) is 14.5. The smallest absolute Gasteiger partial charge is 0.387 e. The lowest BCUT2D eigenvalue weighted by Crippen LogP contribution is -2.29. The molecule has 1 aliphatic heterocycles. The topological polar surface area (TPSA) is 72.6 Å². The number of hydrogen-bond donors (Lipinski definition) is 1. The number of fused-ring (bicyclic) bond motifs is 1. The molecular formula is C17H18F2N2O3S. The van der Waals surface area contributed by atoms with Crippen LogP contribution in [0.25, 0.3) is 0 Å². The summed E-state index contributed by atoms with van der Waals surface area (Å²) in [6.45, 7) is -1.54. The number of aryl methyl sites for hydroxylation is 1. The van der Waals surface area contributed by atoms with Gasteiger partial charge >= 0.3 is 6.61 Å². The van der Waals surface area contributed by atoms with E-state index < -0.39 is 16.6 Å². The summed E-state index contributed by atoms with van der Waals surface area (Å²) >= 11 is 0. The van der Waals surface area contributed by atoms with Gasteiger partial charge in [-0.15, -0.1) is 0 Å². The van der Waals surface area contributed by atoms with Crippen molar-refractivity contribution in [2.45, 2.75) is 30.9 Å². The maximum Gasteiger partial charge on any atom is 0.387 e. The van der Waals surface area contributed by atoms with Gasteiger partial charge in [-0.1, -0.05) is 18.2 Å². The molecule has 2 aromatic carbocycles. The van der Waals surface area contributed by atoms with Crippen LogP contribution in [-0.4, -0.2) is 21.6 Å². The zero-order valence-electron chi connectivity index (χ0n) is 13.4. The molecule has 0 atom stereocenters. The van der Waals surface area contributed by atoms with Crippen molar-refractivity contribution in [1.29, 1.82) is 0 Å². The zero-order valence-corrected chi connectivity index (χ0v) is 14.2. The van der Waals surface area contributed by atoms with Crippen molar-refractivity contribution in [3.63, 3.8) is 0 Å². The molecule has 0 amide bonds. The van der Waals surface area contributed by atoms with E-state index in [0.29, 0.717) is 6.54 Å². The van der Waals surface area contributed by atoms with Crippen molar-refractivity contribution in [3.8, 4) is 5.75 Å². The Labute approximate surface area is 145 Å². The Morgan fingerprint density at radius 2 is 1.88 bits per heavy atom. The fraction of sp³-hybridized carbons (Fsp3) is 0.294. The summed E-state index contributed by atoms with van der Waals surface area (Å²) in [6, 6.07) is 11.3. The van der Waals surface area contributed by atoms with Gasteiger partial charge in [0.25, 0.3) is 0 Å². The van der Waals surface area contributed by atoms with Crippen LogP contribution in [0.5, 0.6) is 5.75 Å². The van der Waals surface area contributed by atoms with E-state index in [-0.39, 0.29) is 10.6 Å². The molecule has 2 N–H and O–H groups in total. The first-order valence-electron chi connectivity index (χ1n) is 7.77. The molecule has 0 saturated carbocycles. The van der Waals surface area contributed by atoms with E-state index in [2.05, 4.69) is 9.64 Å². The number of sulfonamides is 1. The Morgan fingerprint density at radius 3 is 2.52 bits per heavy atom. The van der Waals surface area contributed by atoms with Crippen LogP contribution in [0, 0.1) is 0 Å². The van der Waals surface area contributed by atoms with E-state index in [1.54, 1.807) is 24.3 Å². The minimum Gasteiger partial charge on any atom is -0.435 e. The van der Waals surface area contributed by atoms with Gasteiger partial charge in [-0.2, -0.15) is 8.78 Å². The summed E-state index contributed by atoms with van der Waals surface area (Å²) in [4.78, 5) is 2.15. The van der Waals surface area contributed by atoms with Crippen molar-refractivity contribution in [3.05, 3.63) is 53.6 Å². The maximum atomic E-state index is 12.2. The Balaban J connectivity index is 1.83. The van der Waals surface area contributed by atoms with Gasteiger partial charge in [0.1, 0.15) is 5.75 Å². The van der Waals surface area contributed by atoms with Gasteiger partial charge in [-0.25, -0.2) is 13.6 Å². The average Bonchev–Trinajstić information content (AvgIpc) is 2.55. The number of primary sulfonamides is 1. The number of anilines is 1. The second kappa shape index (κ2) is 6.97. The molecule has 1 heterocycles. The number of rotatable bonds is 5. The molecule has 0 aliphatic carbocycles. The minimum atomic E-state index is -3.76. The first kappa shape index (κ1) is 17.6. The lowest BCUT2D eigenvalue weighted by atomic mass is 10.0. The molecule has 3 rings (SSSR count). The Kier molecular flexibility index (Phi) is 4.91. The summed E-state index contributed by atoms with van der Waals surface area (Å²) < 4.78 is 51.9. The minimum absolute atomic E-state index is 0.0823. The summed E-state index contributed by atoms with van der Waals surface area (Å²) in [6.07, 6.45) is 1.83. The van der Waals surface area contributed by atoms with Gasteiger partial charge in [0, 0.05) is 18.8 Å². The van der Waals surface area contributed by atoms with E-state index in [9.17, 15) is 17.2 Å². The van der Waals surface area contributed by atoms with Gasteiger partial charge in [0.2, 0.25) is 10.0 Å². The van der Waals surface area contributed by atoms with Crippen molar-refractivity contribution >= 4 is 15.7 Å². The van der Waals surface area contributed by atoms with Crippen LogP contribution in [0.2, 0.25) is 0 Å². The molecular weight excluding hydrogens is 350 g/mol. The van der Waals surface area contributed by atoms with Gasteiger partial charge in [-0.3, -0.25) is 0 Å². The van der Waals surface area contributed by atoms with E-state index in [0.717, 1.165) is 36.2 Å². The summed E-state index contributed by atoms with van der Waals surface area (Å²) in [5.74, 6) is 0.106. The molecule has 0 radical (unpaired) electrons. The van der Waals surface area contributed by atoms with Crippen molar-refractivity contribution in [2.24, 2.45) is 5.14 Å². The van der Waals surface area contributed by atoms with Crippen LogP contribution < -0.4 is 14.8 Å². The van der Waals surface area contributed by atoms with E-state index in [1.165, 1.54) is 18.2 Å². The lowest BCUT2D eigenvalue weighted by Gasteiger charge is -2.31. The van der Waals surface area contributed by atoms with Crippen LogP contribution >= 0.6 is 0 Å². The van der Waals surface area contributed by atoms with Crippen molar-refractivity contribution in [1.82, 2.24) is 0 Å². The monoisotopic (exact) mass is 368 g/mol. The van der Waals surface area contributed by atoms with Crippen LogP contribution in [0.3, 0.4) is 0 Å². The number of ether oxygens (including phenoxy) is 1. The van der Waals surface area contributed by atoms with Crippen molar-refractivity contribution in [2.75, 3.05) is 11.4 Å². The predicted octanol–water partition coefficient (Wildman–Crippen LogP) is 2.89. The second-order valence-electron chi connectivity index (χ2n) is 5.88. The highest BCUT2D eigenvalue weighted by atomic mass is 32.2. The standard InChI is InChI=1S/C17H18F2N2O3S/c18-17(19)24-14-6-3-12(4-7-14)11-21-9-1-2-13-5-8-15(10-16(13)21)25(20,22)23/h3-8,10,17H,1-2,9,11H2,(H2,20,22,23). The molecule has 0 fully saturated rings. The summed E-state index contributed by atoms with van der Waals surface area (Å²) in [5, 5.41) is 5.22. The molecule has 8 heteroatoms. The molecule has 2 aromatic rings. The SMILES string of the molecule is NS(=O)(=O)c1ccc2c(c1)N(Cc1ccc(OC(F)F)cc1)CCC2. The second-order valence-corrected chi connectivity index (χ2v) is 7.44. The molecule has 0 bridgehead atoms.